The minimum absolute atomic E-state index is 0.122. The first kappa shape index (κ1) is 13.4. The van der Waals surface area contributed by atoms with Gasteiger partial charge in [0.15, 0.2) is 11.6 Å². The molecule has 4 heteroatoms. The molecule has 1 aromatic carbocycles. The Bertz CT molecular complexity index is 422. The first-order valence-corrected chi connectivity index (χ1v) is 6.44. The average molecular weight is 254 g/mol. The molecule has 1 N–H and O–H groups in total. The number of hydrogen-bond donors (Lipinski definition) is 1. The first-order chi connectivity index (χ1) is 8.52. The Morgan fingerprint density at radius 1 is 1.33 bits per heavy atom. The molecule has 18 heavy (non-hydrogen) atoms. The number of nitrogens with one attached hydrogen (secondary N) is 1. The molecule has 1 saturated heterocycles. The number of benzene rings is 1. The molecule has 0 amide bonds. The van der Waals surface area contributed by atoms with Crippen LogP contribution in [0.25, 0.3) is 0 Å². The van der Waals surface area contributed by atoms with Gasteiger partial charge in [-0.05, 0) is 31.0 Å². The van der Waals surface area contributed by atoms with Crippen molar-refractivity contribution in [3.05, 3.63) is 35.4 Å². The van der Waals surface area contributed by atoms with E-state index in [0.29, 0.717) is 6.54 Å². The molecule has 0 aromatic heterocycles. The van der Waals surface area contributed by atoms with Crippen LogP contribution in [0.4, 0.5) is 8.78 Å². The highest BCUT2D eigenvalue weighted by molar-refractivity contribution is 5.18. The lowest BCUT2D eigenvalue weighted by atomic mass is 9.95. The number of halogens is 2. The Kier molecular flexibility index (Phi) is 3.97. The fraction of sp³-hybridized carbons (Fsp3) is 0.571. The molecule has 2 rings (SSSR count). The summed E-state index contributed by atoms with van der Waals surface area (Å²) >= 11 is 0. The highest BCUT2D eigenvalue weighted by Crippen LogP contribution is 2.18. The van der Waals surface area contributed by atoms with E-state index in [0.717, 1.165) is 31.6 Å². The Hall–Kier alpha value is -1.00. The van der Waals surface area contributed by atoms with E-state index in [1.54, 1.807) is 6.07 Å². The molecule has 100 valence electrons. The zero-order chi connectivity index (χ0) is 13.2. The number of hydrogen-bond acceptors (Lipinski definition) is 2. The van der Waals surface area contributed by atoms with Crippen LogP contribution in [0.15, 0.2) is 18.2 Å². The lowest BCUT2D eigenvalue weighted by Crippen LogP contribution is -2.58. The van der Waals surface area contributed by atoms with E-state index in [2.05, 4.69) is 24.1 Å². The minimum Gasteiger partial charge on any atom is -0.309 e. The third-order valence-corrected chi connectivity index (χ3v) is 3.72. The topological polar surface area (TPSA) is 15.3 Å². The third kappa shape index (κ3) is 3.06. The van der Waals surface area contributed by atoms with Crippen LogP contribution in [0, 0.1) is 11.6 Å². The van der Waals surface area contributed by atoms with Crippen LogP contribution < -0.4 is 5.32 Å². The van der Waals surface area contributed by atoms with E-state index < -0.39 is 11.6 Å². The van der Waals surface area contributed by atoms with Crippen molar-refractivity contribution in [2.75, 3.05) is 19.6 Å². The summed E-state index contributed by atoms with van der Waals surface area (Å²) in [6.07, 6.45) is 1.06. The highest BCUT2D eigenvalue weighted by atomic mass is 19.2. The van der Waals surface area contributed by atoms with Gasteiger partial charge in [0.25, 0.3) is 0 Å². The monoisotopic (exact) mass is 254 g/mol. The van der Waals surface area contributed by atoms with Gasteiger partial charge in [0.2, 0.25) is 0 Å². The summed E-state index contributed by atoms with van der Waals surface area (Å²) in [5, 5.41) is 3.51. The molecule has 0 saturated carbocycles. The van der Waals surface area contributed by atoms with Crippen molar-refractivity contribution in [3.8, 4) is 0 Å². The van der Waals surface area contributed by atoms with Crippen molar-refractivity contribution in [3.63, 3.8) is 0 Å². The maximum absolute atomic E-state index is 13.1. The molecular weight excluding hydrogens is 234 g/mol. The van der Waals surface area contributed by atoms with E-state index in [9.17, 15) is 8.78 Å². The fourth-order valence-corrected chi connectivity index (χ4v) is 2.41. The molecule has 0 bridgehead atoms. The van der Waals surface area contributed by atoms with Crippen molar-refractivity contribution in [2.24, 2.45) is 0 Å². The van der Waals surface area contributed by atoms with Crippen LogP contribution in [0.5, 0.6) is 0 Å². The number of piperazine rings is 1. The van der Waals surface area contributed by atoms with Crippen molar-refractivity contribution in [1.82, 2.24) is 10.2 Å². The molecule has 0 aliphatic carbocycles. The van der Waals surface area contributed by atoms with Gasteiger partial charge in [0.1, 0.15) is 0 Å². The second kappa shape index (κ2) is 5.33. The molecule has 2 nitrogen and oxygen atoms in total. The standard InChI is InChI=1S/C14H20F2N2/c1-3-14(2)10-18(7-6-17-14)9-11-4-5-12(15)13(16)8-11/h4-5,8,17H,3,6-7,9-10H2,1-2H3. The summed E-state index contributed by atoms with van der Waals surface area (Å²) in [6, 6.07) is 4.15. The summed E-state index contributed by atoms with van der Waals surface area (Å²) in [6.45, 7) is 7.85. The van der Waals surface area contributed by atoms with Crippen LogP contribution in [-0.2, 0) is 6.54 Å². The third-order valence-electron chi connectivity index (χ3n) is 3.72. The van der Waals surface area contributed by atoms with Crippen molar-refractivity contribution < 1.29 is 8.78 Å². The Morgan fingerprint density at radius 2 is 2.11 bits per heavy atom. The summed E-state index contributed by atoms with van der Waals surface area (Å²) in [5.74, 6) is -1.54. The molecule has 0 radical (unpaired) electrons. The molecule has 1 aromatic rings. The maximum atomic E-state index is 13.1. The van der Waals surface area contributed by atoms with Gasteiger partial charge in [-0.3, -0.25) is 4.90 Å². The van der Waals surface area contributed by atoms with Crippen molar-refractivity contribution in [1.29, 1.82) is 0 Å². The quantitative estimate of drug-likeness (QED) is 0.891. The Morgan fingerprint density at radius 3 is 2.78 bits per heavy atom. The minimum atomic E-state index is -0.780. The number of rotatable bonds is 3. The number of nitrogens with zero attached hydrogens (tertiary/aromatic N) is 1. The molecule has 1 aliphatic rings. The fourth-order valence-electron chi connectivity index (χ4n) is 2.41. The zero-order valence-corrected chi connectivity index (χ0v) is 11.0. The molecule has 1 unspecified atom stereocenters. The molecule has 1 fully saturated rings. The second-order valence-electron chi connectivity index (χ2n) is 5.30. The summed E-state index contributed by atoms with van der Waals surface area (Å²) in [4.78, 5) is 2.28. The highest BCUT2D eigenvalue weighted by Gasteiger charge is 2.28. The van der Waals surface area contributed by atoms with Crippen molar-refractivity contribution >= 4 is 0 Å². The smallest absolute Gasteiger partial charge is 0.159 e. The molecular formula is C14H20F2N2. The summed E-state index contributed by atoms with van der Waals surface area (Å²) < 4.78 is 26.0. The molecule has 1 atom stereocenters. The van der Waals surface area contributed by atoms with Crippen LogP contribution >= 0.6 is 0 Å². The normalized spacial score (nSPS) is 25.3. The predicted octanol–water partition coefficient (Wildman–Crippen LogP) is 2.54. The van der Waals surface area contributed by atoms with Gasteiger partial charge < -0.3 is 5.32 Å². The zero-order valence-electron chi connectivity index (χ0n) is 11.0. The van der Waals surface area contributed by atoms with E-state index in [1.165, 1.54) is 12.1 Å². The van der Waals surface area contributed by atoms with E-state index >= 15 is 0 Å². The maximum Gasteiger partial charge on any atom is 0.159 e. The second-order valence-corrected chi connectivity index (χ2v) is 5.30. The lowest BCUT2D eigenvalue weighted by Gasteiger charge is -2.41. The summed E-state index contributed by atoms with van der Waals surface area (Å²) in [5.41, 5.74) is 0.950. The van der Waals surface area contributed by atoms with Gasteiger partial charge >= 0.3 is 0 Å². The lowest BCUT2D eigenvalue weighted by molar-refractivity contribution is 0.133. The summed E-state index contributed by atoms with van der Waals surface area (Å²) in [7, 11) is 0. The Balaban J connectivity index is 2.02. The van der Waals surface area contributed by atoms with E-state index in [4.69, 9.17) is 0 Å². The average Bonchev–Trinajstić information content (AvgIpc) is 2.34. The van der Waals surface area contributed by atoms with Gasteiger partial charge in [-0.1, -0.05) is 13.0 Å². The largest absolute Gasteiger partial charge is 0.309 e. The van der Waals surface area contributed by atoms with E-state index in [1.807, 2.05) is 0 Å². The van der Waals surface area contributed by atoms with Gasteiger partial charge in [-0.2, -0.15) is 0 Å². The molecule has 0 spiro atoms. The van der Waals surface area contributed by atoms with Gasteiger partial charge in [0.05, 0.1) is 0 Å². The van der Waals surface area contributed by atoms with Crippen LogP contribution in [0.1, 0.15) is 25.8 Å². The Labute approximate surface area is 107 Å². The molecule has 1 aliphatic heterocycles. The van der Waals surface area contributed by atoms with Crippen LogP contribution in [-0.4, -0.2) is 30.1 Å². The van der Waals surface area contributed by atoms with Crippen LogP contribution in [0.3, 0.4) is 0 Å². The van der Waals surface area contributed by atoms with Crippen molar-refractivity contribution in [2.45, 2.75) is 32.4 Å². The molecule has 1 heterocycles. The first-order valence-electron chi connectivity index (χ1n) is 6.44. The van der Waals surface area contributed by atoms with E-state index in [-0.39, 0.29) is 5.54 Å². The van der Waals surface area contributed by atoms with Crippen LogP contribution in [0.2, 0.25) is 0 Å². The van der Waals surface area contributed by atoms with Gasteiger partial charge in [-0.25, -0.2) is 8.78 Å². The van der Waals surface area contributed by atoms with Gasteiger partial charge in [-0.15, -0.1) is 0 Å². The van der Waals surface area contributed by atoms with Gasteiger partial charge in [0, 0.05) is 31.7 Å². The SMILES string of the molecule is CCC1(C)CN(Cc2ccc(F)c(F)c2)CCN1. The predicted molar refractivity (Wildman–Crippen MR) is 68.3 cm³/mol.